The van der Waals surface area contributed by atoms with Crippen molar-refractivity contribution in [2.24, 2.45) is 30.7 Å². The van der Waals surface area contributed by atoms with Crippen molar-refractivity contribution in [3.8, 4) is 0 Å². The van der Waals surface area contributed by atoms with E-state index >= 15 is 0 Å². The molecule has 56 heavy (non-hydrogen) atoms. The van der Waals surface area contributed by atoms with Crippen LogP contribution in [0, 0.1) is 30.6 Å². The van der Waals surface area contributed by atoms with Gasteiger partial charge in [-0.15, -0.1) is 0 Å². The summed E-state index contributed by atoms with van der Waals surface area (Å²) in [4.78, 5) is 51.7. The SMILES string of the molecule is CC(C)C.CC(C)C.CC(C)C.CC(C)C.CC(C)N1CCCCC1=O.CC(C)N1CCN(C)C1=O.CC(C)N1CCOC1=O.Cc1cn(C)c(=O)n1C(C)C. The monoisotopic (exact) mass is 799 g/mol. The number of piperidine rings is 1. The second kappa shape index (κ2) is 33.0. The van der Waals surface area contributed by atoms with Gasteiger partial charge in [-0.05, 0) is 98.8 Å². The molecule has 0 aliphatic carbocycles. The van der Waals surface area contributed by atoms with Crippen molar-refractivity contribution in [1.29, 1.82) is 0 Å². The first-order chi connectivity index (χ1) is 25.5. The van der Waals surface area contributed by atoms with Crippen LogP contribution in [0.15, 0.2) is 11.0 Å². The fourth-order valence-corrected chi connectivity index (χ4v) is 4.74. The number of hydrogen-bond donors (Lipinski definition) is 0. The molecule has 0 N–H and O–H groups in total. The highest BCUT2D eigenvalue weighted by molar-refractivity contribution is 5.77. The van der Waals surface area contributed by atoms with Crippen molar-refractivity contribution < 1.29 is 19.1 Å². The molecule has 1 aromatic rings. The third-order valence-electron chi connectivity index (χ3n) is 7.06. The largest absolute Gasteiger partial charge is 0.448 e. The highest BCUT2D eigenvalue weighted by Gasteiger charge is 2.27. The summed E-state index contributed by atoms with van der Waals surface area (Å²) in [5, 5.41) is 0. The van der Waals surface area contributed by atoms with Crippen molar-refractivity contribution >= 4 is 18.0 Å². The summed E-state index contributed by atoms with van der Waals surface area (Å²) in [6, 6.07) is 1.43. The quantitative estimate of drug-likeness (QED) is 0.302. The fourth-order valence-electron chi connectivity index (χ4n) is 4.74. The van der Waals surface area contributed by atoms with E-state index in [4.69, 9.17) is 4.74 Å². The molecule has 0 unspecified atom stereocenters. The predicted octanol–water partition coefficient (Wildman–Crippen LogP) is 10.7. The van der Waals surface area contributed by atoms with Crippen LogP contribution < -0.4 is 5.69 Å². The van der Waals surface area contributed by atoms with E-state index in [2.05, 4.69) is 96.9 Å². The van der Waals surface area contributed by atoms with Crippen LogP contribution in [0.5, 0.6) is 0 Å². The number of nitrogens with zero attached hydrogens (tertiary/aromatic N) is 6. The van der Waals surface area contributed by atoms with Crippen molar-refractivity contribution in [2.75, 3.05) is 39.8 Å². The number of likely N-dealkylation sites (tertiary alicyclic amines) is 1. The van der Waals surface area contributed by atoms with E-state index in [-0.39, 0.29) is 29.9 Å². The molecule has 0 spiro atoms. The zero-order valence-electron chi connectivity index (χ0n) is 41.1. The average molecular weight is 799 g/mol. The zero-order chi connectivity index (χ0) is 45.0. The van der Waals surface area contributed by atoms with Gasteiger partial charge in [-0.3, -0.25) is 9.36 Å². The molecule has 0 bridgehead atoms. The lowest BCUT2D eigenvalue weighted by molar-refractivity contribution is -0.135. The lowest BCUT2D eigenvalue weighted by Crippen LogP contribution is -2.40. The molecule has 11 nitrogen and oxygen atoms in total. The molecule has 4 amide bonds. The topological polar surface area (TPSA) is 100 Å². The maximum atomic E-state index is 11.4. The fraction of sp³-hybridized carbons (Fsp3) is 0.867. The van der Waals surface area contributed by atoms with Gasteiger partial charge in [0.25, 0.3) is 0 Å². The van der Waals surface area contributed by atoms with E-state index < -0.39 is 0 Å². The third kappa shape index (κ3) is 32.1. The molecule has 3 fully saturated rings. The van der Waals surface area contributed by atoms with E-state index in [1.165, 1.54) is 6.42 Å². The van der Waals surface area contributed by atoms with Gasteiger partial charge in [0.1, 0.15) is 6.61 Å². The number of aromatic nitrogens is 2. The zero-order valence-corrected chi connectivity index (χ0v) is 41.1. The van der Waals surface area contributed by atoms with Crippen LogP contribution in [0.2, 0.25) is 0 Å². The highest BCUT2D eigenvalue weighted by Crippen LogP contribution is 2.13. The second-order valence-corrected chi connectivity index (χ2v) is 18.6. The molecule has 0 saturated carbocycles. The maximum absolute atomic E-state index is 11.4. The van der Waals surface area contributed by atoms with Crippen LogP contribution in [-0.2, 0) is 16.6 Å². The molecular weight excluding hydrogens is 705 g/mol. The van der Waals surface area contributed by atoms with E-state index in [1.54, 1.807) is 26.0 Å². The first-order valence-corrected chi connectivity index (χ1v) is 21.5. The van der Waals surface area contributed by atoms with Crippen LogP contribution >= 0.6 is 0 Å². The standard InChI is InChI=1S/C8H14N2O.C8H15NO.C7H14N2O.C6H11NO2.4C4H10/c1-6(2)10-7(3)5-9(4)8(10)11;1-7(2)9-6-4-3-5-8(9)10;1-6(2)9-5-4-8(3)7(9)10;1-5(2)7-3-4-9-6(7)8;4*1-4(2)3/h5-6H,1-4H3;7H,3-6H2,1-2H3;6H,4-5H2,1-3H3;5H,3-4H2,1-2H3;4*4H,1-3H3. The van der Waals surface area contributed by atoms with Gasteiger partial charge in [0.05, 0.1) is 6.54 Å². The smallest absolute Gasteiger partial charge is 0.410 e. The molecule has 4 rings (SSSR count). The number of hydrogen-bond acceptors (Lipinski definition) is 5. The van der Waals surface area contributed by atoms with Gasteiger partial charge in [-0.25, -0.2) is 14.4 Å². The number of ether oxygens (including phenoxy) is 1. The lowest BCUT2D eigenvalue weighted by atomic mass is 10.1. The van der Waals surface area contributed by atoms with Gasteiger partial charge < -0.3 is 28.9 Å². The number of aryl methyl sites for hydroxylation is 2. The Morgan fingerprint density at radius 1 is 0.518 bits per heavy atom. The normalized spacial score (nSPS) is 14.9. The summed E-state index contributed by atoms with van der Waals surface area (Å²) in [5.74, 6) is 3.67. The van der Waals surface area contributed by atoms with E-state index in [1.807, 2.05) is 71.5 Å². The molecule has 11 heteroatoms. The minimum Gasteiger partial charge on any atom is -0.448 e. The number of carbonyl (C=O) groups is 3. The summed E-state index contributed by atoms with van der Waals surface area (Å²) in [7, 11) is 3.61. The van der Waals surface area contributed by atoms with Gasteiger partial charge in [-0.1, -0.05) is 83.1 Å². The van der Waals surface area contributed by atoms with E-state index in [0.29, 0.717) is 24.6 Å². The molecule has 3 saturated heterocycles. The first kappa shape index (κ1) is 59.7. The number of imidazole rings is 1. The Kier molecular flexibility index (Phi) is 35.2. The molecule has 334 valence electrons. The van der Waals surface area contributed by atoms with Crippen molar-refractivity contribution in [1.82, 2.24) is 28.7 Å². The average Bonchev–Trinajstić information content (AvgIpc) is 3.68. The number of likely N-dealkylation sites (N-methyl/N-ethyl adjacent to an activating group) is 1. The van der Waals surface area contributed by atoms with Gasteiger partial charge in [-0.2, -0.15) is 0 Å². The Balaban J connectivity index is -0.000000286. The number of carbonyl (C=O) groups excluding carboxylic acids is 3. The highest BCUT2D eigenvalue weighted by atomic mass is 16.6. The molecule has 4 heterocycles. The minimum atomic E-state index is -0.176. The minimum absolute atomic E-state index is 0.0671. The summed E-state index contributed by atoms with van der Waals surface area (Å²) < 4.78 is 8.10. The van der Waals surface area contributed by atoms with Crippen LogP contribution in [0.25, 0.3) is 0 Å². The van der Waals surface area contributed by atoms with Crippen LogP contribution in [0.1, 0.15) is 169 Å². The molecule has 0 atom stereocenters. The Hall–Kier alpha value is -2.98. The van der Waals surface area contributed by atoms with Gasteiger partial charge in [0.2, 0.25) is 5.91 Å². The molecule has 3 aliphatic heterocycles. The summed E-state index contributed by atoms with van der Waals surface area (Å²) in [6.45, 7) is 48.2. The van der Waals surface area contributed by atoms with Crippen LogP contribution in [0.4, 0.5) is 9.59 Å². The van der Waals surface area contributed by atoms with Crippen LogP contribution in [0.3, 0.4) is 0 Å². The maximum Gasteiger partial charge on any atom is 0.410 e. The number of urea groups is 1. The van der Waals surface area contributed by atoms with E-state index in [9.17, 15) is 19.2 Å². The molecule has 1 aromatic heterocycles. The predicted molar refractivity (Wildman–Crippen MR) is 241 cm³/mol. The number of rotatable bonds is 4. The van der Waals surface area contributed by atoms with Crippen LogP contribution in [-0.4, -0.2) is 105 Å². The summed E-state index contributed by atoms with van der Waals surface area (Å²) >= 11 is 0. The molecular formula is C45H94N6O5. The molecule has 0 aromatic carbocycles. The first-order valence-electron chi connectivity index (χ1n) is 21.5. The number of amides is 4. The molecule has 0 radical (unpaired) electrons. The van der Waals surface area contributed by atoms with Crippen molar-refractivity contribution in [3.05, 3.63) is 22.4 Å². The Bertz CT molecular complexity index is 1160. The summed E-state index contributed by atoms with van der Waals surface area (Å²) in [5.41, 5.74) is 1.09. The Morgan fingerprint density at radius 2 is 0.929 bits per heavy atom. The van der Waals surface area contributed by atoms with Gasteiger partial charge in [0, 0.05) is 76.2 Å². The Morgan fingerprint density at radius 3 is 1.11 bits per heavy atom. The van der Waals surface area contributed by atoms with Crippen molar-refractivity contribution in [2.45, 2.75) is 189 Å². The molecule has 3 aliphatic rings. The lowest BCUT2D eigenvalue weighted by Gasteiger charge is -2.30. The Labute approximate surface area is 346 Å². The third-order valence-corrected chi connectivity index (χ3v) is 7.06. The van der Waals surface area contributed by atoms with E-state index in [0.717, 1.165) is 68.4 Å². The summed E-state index contributed by atoms with van der Waals surface area (Å²) in [6.07, 6.45) is 4.71. The van der Waals surface area contributed by atoms with Crippen molar-refractivity contribution in [3.63, 3.8) is 0 Å². The second-order valence-electron chi connectivity index (χ2n) is 18.6. The van der Waals surface area contributed by atoms with Gasteiger partial charge >= 0.3 is 17.8 Å². The van der Waals surface area contributed by atoms with Gasteiger partial charge in [0.15, 0.2) is 0 Å². The number of cyclic esters (lactones) is 1.